The number of hydrogen-bond donors (Lipinski definition) is 0. The molecule has 0 fully saturated rings. The Morgan fingerprint density at radius 3 is 2.58 bits per heavy atom. The van der Waals surface area contributed by atoms with E-state index < -0.39 is 9.84 Å². The smallest absolute Gasteiger partial charge is 0.299 e. The summed E-state index contributed by atoms with van der Waals surface area (Å²) in [5, 5.41) is 0.461. The lowest BCUT2D eigenvalue weighted by Crippen LogP contribution is -2.14. The molecule has 0 radical (unpaired) electrons. The number of aryl methyl sites for hydroxylation is 2. The molecule has 0 saturated heterocycles. The first kappa shape index (κ1) is 23.2. The lowest BCUT2D eigenvalue weighted by molar-refractivity contribution is 0.470. The molecule has 0 spiro atoms. The third-order valence-electron chi connectivity index (χ3n) is 4.52. The van der Waals surface area contributed by atoms with Crippen molar-refractivity contribution in [1.82, 2.24) is 14.3 Å². The summed E-state index contributed by atoms with van der Waals surface area (Å²) in [5.41, 5.74) is 3.24. The van der Waals surface area contributed by atoms with E-state index in [0.717, 1.165) is 34.9 Å². The standard InChI is InChI=1S/C21H23ClN4O3S2/c1-5-26(4)13-23-18-10-15(3)19(11-14(18)2)29-21-24-20(25-30-21)31(27,28)12-16-6-8-17(22)9-7-16/h6-11,13H,5,12H2,1-4H3. The Morgan fingerprint density at radius 2 is 1.90 bits per heavy atom. The highest BCUT2D eigenvalue weighted by molar-refractivity contribution is 7.90. The largest absolute Gasteiger partial charge is 0.430 e. The Kier molecular flexibility index (Phi) is 7.30. The van der Waals surface area contributed by atoms with Gasteiger partial charge in [0, 0.05) is 30.1 Å². The number of halogens is 1. The SMILES string of the molecule is CCN(C)C=Nc1cc(C)c(Oc2nc(S(=O)(=O)Cc3ccc(Cl)cc3)ns2)cc1C. The van der Waals surface area contributed by atoms with Crippen molar-refractivity contribution in [3.63, 3.8) is 0 Å². The van der Waals surface area contributed by atoms with Gasteiger partial charge in [-0.2, -0.15) is 9.36 Å². The van der Waals surface area contributed by atoms with E-state index in [0.29, 0.717) is 16.3 Å². The van der Waals surface area contributed by atoms with Crippen molar-refractivity contribution in [2.45, 2.75) is 31.7 Å². The third-order valence-corrected chi connectivity index (χ3v) is 6.94. The van der Waals surface area contributed by atoms with Gasteiger partial charge in [-0.3, -0.25) is 0 Å². The maximum atomic E-state index is 12.6. The van der Waals surface area contributed by atoms with Crippen LogP contribution < -0.4 is 4.74 Å². The Morgan fingerprint density at radius 1 is 1.19 bits per heavy atom. The number of hydrogen-bond acceptors (Lipinski definition) is 7. The minimum atomic E-state index is -3.70. The second-order valence-electron chi connectivity index (χ2n) is 7.05. The van der Waals surface area contributed by atoms with E-state index in [-0.39, 0.29) is 16.1 Å². The quantitative estimate of drug-likeness (QED) is 0.327. The van der Waals surface area contributed by atoms with Crippen LogP contribution in [0.2, 0.25) is 5.02 Å². The first-order valence-corrected chi connectivity index (χ1v) is 12.3. The van der Waals surface area contributed by atoms with Crippen molar-refractivity contribution in [1.29, 1.82) is 0 Å². The van der Waals surface area contributed by atoms with Crippen molar-refractivity contribution in [2.24, 2.45) is 4.99 Å². The zero-order chi connectivity index (χ0) is 22.6. The fourth-order valence-corrected chi connectivity index (χ4v) is 4.77. The van der Waals surface area contributed by atoms with Gasteiger partial charge in [0.15, 0.2) is 0 Å². The number of sulfone groups is 1. The van der Waals surface area contributed by atoms with Crippen LogP contribution in [0.5, 0.6) is 10.9 Å². The summed E-state index contributed by atoms with van der Waals surface area (Å²) in [5.74, 6) is 0.371. The van der Waals surface area contributed by atoms with Crippen LogP contribution in [0.3, 0.4) is 0 Å². The summed E-state index contributed by atoms with van der Waals surface area (Å²) in [6.45, 7) is 6.75. The maximum absolute atomic E-state index is 12.6. The molecule has 0 amide bonds. The van der Waals surface area contributed by atoms with Crippen LogP contribution in [0.1, 0.15) is 23.6 Å². The molecule has 0 aliphatic heterocycles. The molecule has 0 atom stereocenters. The Hall–Kier alpha value is -2.49. The predicted molar refractivity (Wildman–Crippen MR) is 125 cm³/mol. The molecule has 0 unspecified atom stereocenters. The zero-order valence-electron chi connectivity index (χ0n) is 17.7. The average molecular weight is 479 g/mol. The van der Waals surface area contributed by atoms with Crippen molar-refractivity contribution in [3.8, 4) is 10.9 Å². The molecule has 7 nitrogen and oxygen atoms in total. The van der Waals surface area contributed by atoms with E-state index >= 15 is 0 Å². The molecule has 10 heteroatoms. The fourth-order valence-electron chi connectivity index (χ4n) is 2.59. The molecule has 0 aliphatic rings. The Bertz CT molecular complexity index is 1190. The Labute approximate surface area is 191 Å². The summed E-state index contributed by atoms with van der Waals surface area (Å²) in [7, 11) is -1.74. The maximum Gasteiger partial charge on any atom is 0.299 e. The zero-order valence-corrected chi connectivity index (χ0v) is 20.1. The summed E-state index contributed by atoms with van der Waals surface area (Å²) < 4.78 is 35.1. The second-order valence-corrected chi connectivity index (χ2v) is 10.1. The number of aliphatic imine (C=N–C) groups is 1. The summed E-state index contributed by atoms with van der Waals surface area (Å²) in [4.78, 5) is 10.6. The van der Waals surface area contributed by atoms with Crippen LogP contribution >= 0.6 is 23.1 Å². The van der Waals surface area contributed by atoms with Crippen molar-refractivity contribution in [3.05, 3.63) is 58.1 Å². The number of rotatable bonds is 8. The fraction of sp³-hybridized carbons (Fsp3) is 0.286. The van der Waals surface area contributed by atoms with Crippen LogP contribution in [0.15, 0.2) is 46.5 Å². The van der Waals surface area contributed by atoms with Gasteiger partial charge in [0.05, 0.1) is 17.8 Å². The topological polar surface area (TPSA) is 84.8 Å². The highest BCUT2D eigenvalue weighted by Crippen LogP contribution is 2.32. The van der Waals surface area contributed by atoms with E-state index in [2.05, 4.69) is 14.3 Å². The number of ether oxygens (including phenoxy) is 1. The van der Waals surface area contributed by atoms with Gasteiger partial charge in [-0.05, 0) is 61.7 Å². The van der Waals surface area contributed by atoms with Crippen molar-refractivity contribution >= 4 is 45.0 Å². The van der Waals surface area contributed by atoms with E-state index in [1.54, 1.807) is 30.6 Å². The molecule has 0 N–H and O–H groups in total. The number of aromatic nitrogens is 2. The molecule has 164 valence electrons. The first-order valence-electron chi connectivity index (χ1n) is 9.52. The molecule has 1 heterocycles. The highest BCUT2D eigenvalue weighted by atomic mass is 35.5. The lowest BCUT2D eigenvalue weighted by Gasteiger charge is -2.11. The molecule has 0 bridgehead atoms. The molecule has 0 aliphatic carbocycles. The van der Waals surface area contributed by atoms with Crippen molar-refractivity contribution in [2.75, 3.05) is 13.6 Å². The minimum absolute atomic E-state index is 0.166. The average Bonchev–Trinajstić information content (AvgIpc) is 3.20. The van der Waals surface area contributed by atoms with E-state index in [1.807, 2.05) is 44.9 Å². The van der Waals surface area contributed by atoms with Gasteiger partial charge >= 0.3 is 0 Å². The van der Waals surface area contributed by atoms with Crippen LogP contribution in [-0.4, -0.2) is 42.6 Å². The molecular formula is C21H23ClN4O3S2. The molecular weight excluding hydrogens is 456 g/mol. The number of benzene rings is 2. The van der Waals surface area contributed by atoms with Crippen molar-refractivity contribution < 1.29 is 13.2 Å². The van der Waals surface area contributed by atoms with E-state index in [1.165, 1.54) is 0 Å². The van der Waals surface area contributed by atoms with Gasteiger partial charge in [-0.1, -0.05) is 23.7 Å². The number of nitrogens with zero attached hydrogens (tertiary/aromatic N) is 4. The van der Waals surface area contributed by atoms with E-state index in [9.17, 15) is 8.42 Å². The lowest BCUT2D eigenvalue weighted by atomic mass is 10.1. The molecule has 3 aromatic rings. The normalized spacial score (nSPS) is 11.8. The van der Waals surface area contributed by atoms with Gasteiger partial charge < -0.3 is 9.64 Å². The molecule has 1 aromatic heterocycles. The van der Waals surface area contributed by atoms with E-state index in [4.69, 9.17) is 16.3 Å². The van der Waals surface area contributed by atoms with Crippen LogP contribution in [0.25, 0.3) is 0 Å². The van der Waals surface area contributed by atoms with Gasteiger partial charge in [0.25, 0.3) is 10.4 Å². The van der Waals surface area contributed by atoms with Crippen LogP contribution in [-0.2, 0) is 15.6 Å². The van der Waals surface area contributed by atoms with Gasteiger partial charge in [0.1, 0.15) is 5.75 Å². The third kappa shape index (κ3) is 6.03. The molecule has 0 saturated carbocycles. The van der Waals surface area contributed by atoms with Crippen LogP contribution in [0.4, 0.5) is 5.69 Å². The second kappa shape index (κ2) is 9.76. The summed E-state index contributed by atoms with van der Waals surface area (Å²) in [6, 6.07) is 10.4. The van der Waals surface area contributed by atoms with Crippen LogP contribution in [0, 0.1) is 13.8 Å². The molecule has 2 aromatic carbocycles. The van der Waals surface area contributed by atoms with Gasteiger partial charge in [0.2, 0.25) is 9.84 Å². The minimum Gasteiger partial charge on any atom is -0.430 e. The molecule has 31 heavy (non-hydrogen) atoms. The molecule has 3 rings (SSSR count). The Balaban J connectivity index is 1.76. The monoisotopic (exact) mass is 478 g/mol. The summed E-state index contributed by atoms with van der Waals surface area (Å²) in [6.07, 6.45) is 1.78. The van der Waals surface area contributed by atoms with Gasteiger partial charge in [-0.25, -0.2) is 13.4 Å². The highest BCUT2D eigenvalue weighted by Gasteiger charge is 2.22. The van der Waals surface area contributed by atoms with Gasteiger partial charge in [-0.15, -0.1) is 0 Å². The predicted octanol–water partition coefficient (Wildman–Crippen LogP) is 5.19. The summed E-state index contributed by atoms with van der Waals surface area (Å²) >= 11 is 6.75. The first-order chi connectivity index (χ1) is 14.7.